The van der Waals surface area contributed by atoms with Crippen LogP contribution in [0.25, 0.3) is 0 Å². The van der Waals surface area contributed by atoms with E-state index in [1.807, 2.05) is 11.9 Å². The molecule has 94 valence electrons. The molecule has 5 nitrogen and oxygen atoms in total. The molecule has 1 fully saturated rings. The molecule has 0 saturated carbocycles. The number of aromatic nitrogens is 2. The van der Waals surface area contributed by atoms with Gasteiger partial charge in [-0.2, -0.15) is 0 Å². The van der Waals surface area contributed by atoms with Crippen LogP contribution >= 0.6 is 11.6 Å². The first-order valence-corrected chi connectivity index (χ1v) is 7.52. The van der Waals surface area contributed by atoms with Crippen molar-refractivity contribution >= 4 is 27.3 Å². The van der Waals surface area contributed by atoms with Crippen molar-refractivity contribution in [1.82, 2.24) is 9.97 Å². The van der Waals surface area contributed by atoms with Crippen molar-refractivity contribution in [2.75, 3.05) is 23.5 Å². The van der Waals surface area contributed by atoms with Crippen LogP contribution in [-0.2, 0) is 9.84 Å². The van der Waals surface area contributed by atoms with Crippen molar-refractivity contribution in [3.05, 3.63) is 17.0 Å². The van der Waals surface area contributed by atoms with Crippen LogP contribution in [0.2, 0.25) is 5.15 Å². The third-order valence-corrected chi connectivity index (χ3v) is 4.85. The van der Waals surface area contributed by atoms with E-state index in [0.29, 0.717) is 23.2 Å². The van der Waals surface area contributed by atoms with E-state index in [4.69, 9.17) is 11.6 Å². The molecular weight excluding hydrogens is 262 g/mol. The van der Waals surface area contributed by atoms with Gasteiger partial charge in [-0.1, -0.05) is 11.6 Å². The van der Waals surface area contributed by atoms with Gasteiger partial charge in [0.1, 0.15) is 16.8 Å². The summed E-state index contributed by atoms with van der Waals surface area (Å²) in [5, 5.41) is 0.375. The quantitative estimate of drug-likeness (QED) is 0.756. The maximum Gasteiger partial charge on any atom is 0.152 e. The van der Waals surface area contributed by atoms with Crippen LogP contribution in [0, 0.1) is 6.92 Å². The zero-order valence-electron chi connectivity index (χ0n) is 9.72. The van der Waals surface area contributed by atoms with E-state index in [1.54, 1.807) is 13.0 Å². The van der Waals surface area contributed by atoms with E-state index in [-0.39, 0.29) is 17.5 Å². The Kier molecular flexibility index (Phi) is 3.27. The minimum absolute atomic E-state index is 0.0228. The number of halogens is 1. The molecule has 1 atom stereocenters. The average Bonchev–Trinajstić information content (AvgIpc) is 2.56. The largest absolute Gasteiger partial charge is 0.355 e. The molecule has 2 heterocycles. The Morgan fingerprint density at radius 3 is 2.71 bits per heavy atom. The summed E-state index contributed by atoms with van der Waals surface area (Å²) in [5.41, 5.74) is 0. The third kappa shape index (κ3) is 2.87. The maximum atomic E-state index is 11.4. The van der Waals surface area contributed by atoms with E-state index >= 15 is 0 Å². The van der Waals surface area contributed by atoms with Gasteiger partial charge in [0.25, 0.3) is 0 Å². The monoisotopic (exact) mass is 275 g/mol. The summed E-state index contributed by atoms with van der Waals surface area (Å²) in [4.78, 5) is 10.1. The summed E-state index contributed by atoms with van der Waals surface area (Å²) in [6, 6.07) is 1.63. The Hall–Kier alpha value is -0.880. The maximum absolute atomic E-state index is 11.4. The lowest BCUT2D eigenvalue weighted by atomic mass is 10.2. The van der Waals surface area contributed by atoms with Crippen molar-refractivity contribution in [3.8, 4) is 0 Å². The summed E-state index contributed by atoms with van der Waals surface area (Å²) in [7, 11) is -1.05. The summed E-state index contributed by atoms with van der Waals surface area (Å²) in [5.74, 6) is 1.69. The molecular formula is C10H14ClN3O2S. The van der Waals surface area contributed by atoms with Gasteiger partial charge in [-0.05, 0) is 13.3 Å². The Morgan fingerprint density at radius 2 is 2.18 bits per heavy atom. The van der Waals surface area contributed by atoms with Crippen LogP contribution in [0.15, 0.2) is 6.07 Å². The Morgan fingerprint density at radius 1 is 1.47 bits per heavy atom. The number of anilines is 1. The second-order valence-corrected chi connectivity index (χ2v) is 6.88. The lowest BCUT2D eigenvalue weighted by molar-refractivity contribution is 0.600. The predicted octanol–water partition coefficient (Wildman–Crippen LogP) is 1.06. The highest BCUT2D eigenvalue weighted by Gasteiger charge is 2.31. The molecule has 0 aromatic carbocycles. The fourth-order valence-corrected chi connectivity index (χ4v) is 3.96. The number of rotatable bonds is 2. The smallest absolute Gasteiger partial charge is 0.152 e. The molecule has 1 aromatic heterocycles. The molecule has 0 N–H and O–H groups in total. The zero-order valence-corrected chi connectivity index (χ0v) is 11.3. The first kappa shape index (κ1) is 12.6. The molecule has 17 heavy (non-hydrogen) atoms. The number of nitrogens with zero attached hydrogens (tertiary/aromatic N) is 3. The van der Waals surface area contributed by atoms with Crippen molar-refractivity contribution in [3.63, 3.8) is 0 Å². The van der Waals surface area contributed by atoms with Crippen LogP contribution in [0.3, 0.4) is 0 Å². The van der Waals surface area contributed by atoms with Gasteiger partial charge < -0.3 is 4.90 Å². The molecule has 1 aliphatic rings. The van der Waals surface area contributed by atoms with Gasteiger partial charge in [0.15, 0.2) is 9.84 Å². The SMILES string of the molecule is Cc1nc(Cl)cc(N(C)C2CCS(=O)(=O)C2)n1. The summed E-state index contributed by atoms with van der Waals surface area (Å²) >= 11 is 5.86. The van der Waals surface area contributed by atoms with Gasteiger partial charge >= 0.3 is 0 Å². The molecule has 1 saturated heterocycles. The molecule has 0 radical (unpaired) electrons. The standard InChI is InChI=1S/C10H14ClN3O2S/c1-7-12-9(11)5-10(13-7)14(2)8-3-4-17(15,16)6-8/h5,8H,3-4,6H2,1-2H3. The topological polar surface area (TPSA) is 63.2 Å². The number of aryl methyl sites for hydroxylation is 1. The number of hydrogen-bond donors (Lipinski definition) is 0. The molecule has 0 bridgehead atoms. The molecule has 1 aliphatic heterocycles. The first-order chi connectivity index (χ1) is 7.87. The molecule has 7 heteroatoms. The Bertz CT molecular complexity index is 512. The van der Waals surface area contributed by atoms with Gasteiger partial charge in [0.05, 0.1) is 11.5 Å². The highest BCUT2D eigenvalue weighted by Crippen LogP contribution is 2.22. The zero-order chi connectivity index (χ0) is 12.6. The highest BCUT2D eigenvalue weighted by atomic mass is 35.5. The van der Waals surface area contributed by atoms with Crippen LogP contribution in [0.4, 0.5) is 5.82 Å². The second kappa shape index (κ2) is 4.42. The van der Waals surface area contributed by atoms with E-state index in [0.717, 1.165) is 0 Å². The third-order valence-electron chi connectivity index (χ3n) is 2.91. The van der Waals surface area contributed by atoms with Crippen LogP contribution in [-0.4, -0.2) is 43.0 Å². The van der Waals surface area contributed by atoms with E-state index in [9.17, 15) is 8.42 Å². The Labute approximate surface area is 106 Å². The highest BCUT2D eigenvalue weighted by molar-refractivity contribution is 7.91. The van der Waals surface area contributed by atoms with Gasteiger partial charge in [-0.15, -0.1) is 0 Å². The van der Waals surface area contributed by atoms with E-state index in [2.05, 4.69) is 9.97 Å². The predicted molar refractivity (Wildman–Crippen MR) is 67.2 cm³/mol. The Balaban J connectivity index is 2.23. The van der Waals surface area contributed by atoms with Gasteiger partial charge in [-0.3, -0.25) is 0 Å². The molecule has 0 aliphatic carbocycles. The lowest BCUT2D eigenvalue weighted by Gasteiger charge is -2.24. The van der Waals surface area contributed by atoms with Crippen molar-refractivity contribution in [2.24, 2.45) is 0 Å². The molecule has 1 unspecified atom stereocenters. The van der Waals surface area contributed by atoms with Crippen LogP contribution in [0.5, 0.6) is 0 Å². The minimum Gasteiger partial charge on any atom is -0.355 e. The average molecular weight is 276 g/mol. The molecule has 2 rings (SSSR count). The van der Waals surface area contributed by atoms with Gasteiger partial charge in [0, 0.05) is 19.2 Å². The minimum atomic E-state index is -2.89. The van der Waals surface area contributed by atoms with Crippen LogP contribution < -0.4 is 4.90 Å². The lowest BCUT2D eigenvalue weighted by Crippen LogP contribution is -2.33. The number of sulfone groups is 1. The first-order valence-electron chi connectivity index (χ1n) is 5.32. The van der Waals surface area contributed by atoms with E-state index < -0.39 is 9.84 Å². The summed E-state index contributed by atoms with van der Waals surface area (Å²) < 4.78 is 22.9. The molecule has 0 spiro atoms. The van der Waals surface area contributed by atoms with Crippen LogP contribution in [0.1, 0.15) is 12.2 Å². The second-order valence-electron chi connectivity index (χ2n) is 4.26. The molecule has 0 amide bonds. The van der Waals surface area contributed by atoms with Gasteiger partial charge in [0.2, 0.25) is 0 Å². The fraction of sp³-hybridized carbons (Fsp3) is 0.600. The number of hydrogen-bond acceptors (Lipinski definition) is 5. The summed E-state index contributed by atoms with van der Waals surface area (Å²) in [6.07, 6.45) is 0.638. The van der Waals surface area contributed by atoms with Crippen molar-refractivity contribution in [1.29, 1.82) is 0 Å². The van der Waals surface area contributed by atoms with Gasteiger partial charge in [-0.25, -0.2) is 18.4 Å². The van der Waals surface area contributed by atoms with Crippen molar-refractivity contribution < 1.29 is 8.42 Å². The normalized spacial score (nSPS) is 22.6. The fourth-order valence-electron chi connectivity index (χ4n) is 1.97. The van der Waals surface area contributed by atoms with Crippen molar-refractivity contribution in [2.45, 2.75) is 19.4 Å². The van der Waals surface area contributed by atoms with E-state index in [1.165, 1.54) is 0 Å². The molecule has 1 aromatic rings. The summed E-state index contributed by atoms with van der Waals surface area (Å²) in [6.45, 7) is 1.76.